The van der Waals surface area contributed by atoms with Crippen LogP contribution >= 0.6 is 0 Å². The first-order chi connectivity index (χ1) is 9.36. The van der Waals surface area contributed by atoms with Gasteiger partial charge < -0.3 is 11.1 Å². The van der Waals surface area contributed by atoms with Crippen LogP contribution in [0.1, 0.15) is 30.9 Å². The topological polar surface area (TPSA) is 98.3 Å². The molecule has 1 aromatic rings. The number of carbonyl (C=O) groups excluding carboxylic acids is 1. The van der Waals surface area contributed by atoms with Crippen molar-refractivity contribution in [2.45, 2.75) is 33.6 Å². The average molecular weight is 279 g/mol. The van der Waals surface area contributed by atoms with Crippen molar-refractivity contribution in [3.05, 3.63) is 33.4 Å². The van der Waals surface area contributed by atoms with Gasteiger partial charge in [0.2, 0.25) is 5.91 Å². The van der Waals surface area contributed by atoms with Crippen molar-refractivity contribution in [2.24, 2.45) is 11.7 Å². The highest BCUT2D eigenvalue weighted by Crippen LogP contribution is 2.26. The Hall–Kier alpha value is -1.95. The molecule has 110 valence electrons. The first kappa shape index (κ1) is 16.1. The molecule has 1 rings (SSSR count). The second-order valence-corrected chi connectivity index (χ2v) is 5.03. The molecular weight excluding hydrogens is 258 g/mol. The van der Waals surface area contributed by atoms with Crippen LogP contribution in [0.4, 0.5) is 11.4 Å². The number of nitrogens with zero attached hydrogens (tertiary/aromatic N) is 1. The zero-order valence-electron chi connectivity index (χ0n) is 12.1. The predicted octanol–water partition coefficient (Wildman–Crippen LogP) is 2.53. The lowest BCUT2D eigenvalue weighted by Crippen LogP contribution is -2.21. The highest BCUT2D eigenvalue weighted by atomic mass is 16.6. The smallest absolute Gasteiger partial charge is 0.272 e. The molecule has 0 saturated carbocycles. The van der Waals surface area contributed by atoms with Gasteiger partial charge in [-0.2, -0.15) is 0 Å². The van der Waals surface area contributed by atoms with Gasteiger partial charge in [0, 0.05) is 23.2 Å². The number of hydrogen-bond donors (Lipinski definition) is 2. The van der Waals surface area contributed by atoms with Gasteiger partial charge in [0.1, 0.15) is 0 Å². The standard InChI is InChI=1S/C14H21N3O3/c1-9(5-4-6-15)14(18)16-12-7-11(3)13(17(19)20)8-10(12)2/h7-9H,4-6,15H2,1-3H3,(H,16,18). The Kier molecular flexibility index (Phi) is 5.64. The van der Waals surface area contributed by atoms with Gasteiger partial charge in [-0.3, -0.25) is 14.9 Å². The van der Waals surface area contributed by atoms with E-state index in [1.165, 1.54) is 6.07 Å². The average Bonchev–Trinajstić information content (AvgIpc) is 2.39. The first-order valence-electron chi connectivity index (χ1n) is 6.63. The summed E-state index contributed by atoms with van der Waals surface area (Å²) in [5, 5.41) is 13.7. The molecular formula is C14H21N3O3. The number of benzene rings is 1. The minimum Gasteiger partial charge on any atom is -0.330 e. The summed E-state index contributed by atoms with van der Waals surface area (Å²) >= 11 is 0. The van der Waals surface area contributed by atoms with Crippen molar-refractivity contribution in [2.75, 3.05) is 11.9 Å². The number of hydrogen-bond acceptors (Lipinski definition) is 4. The summed E-state index contributed by atoms with van der Waals surface area (Å²) in [6, 6.07) is 3.12. The van der Waals surface area contributed by atoms with Gasteiger partial charge in [0.25, 0.3) is 5.69 Å². The number of anilines is 1. The lowest BCUT2D eigenvalue weighted by molar-refractivity contribution is -0.385. The third kappa shape index (κ3) is 4.03. The summed E-state index contributed by atoms with van der Waals surface area (Å²) in [6.45, 7) is 5.81. The zero-order chi connectivity index (χ0) is 15.3. The molecule has 0 radical (unpaired) electrons. The van der Waals surface area contributed by atoms with Crippen LogP contribution < -0.4 is 11.1 Å². The van der Waals surface area contributed by atoms with E-state index in [4.69, 9.17) is 5.73 Å². The number of rotatable bonds is 6. The molecule has 6 nitrogen and oxygen atoms in total. The minimum absolute atomic E-state index is 0.0664. The van der Waals surface area contributed by atoms with Gasteiger partial charge in [0.15, 0.2) is 0 Å². The molecule has 0 saturated heterocycles. The van der Waals surface area contributed by atoms with E-state index in [0.717, 1.165) is 12.8 Å². The summed E-state index contributed by atoms with van der Waals surface area (Å²) in [5.41, 5.74) is 7.33. The van der Waals surface area contributed by atoms with E-state index in [2.05, 4.69) is 5.32 Å². The van der Waals surface area contributed by atoms with Crippen LogP contribution in [0.5, 0.6) is 0 Å². The van der Waals surface area contributed by atoms with Crippen LogP contribution in [0.3, 0.4) is 0 Å². The molecule has 0 aliphatic carbocycles. The van der Waals surface area contributed by atoms with E-state index in [9.17, 15) is 14.9 Å². The molecule has 0 spiro atoms. The lowest BCUT2D eigenvalue weighted by atomic mass is 10.0. The lowest BCUT2D eigenvalue weighted by Gasteiger charge is -2.14. The molecule has 0 aliphatic heterocycles. The zero-order valence-corrected chi connectivity index (χ0v) is 12.1. The highest BCUT2D eigenvalue weighted by Gasteiger charge is 2.17. The van der Waals surface area contributed by atoms with Crippen LogP contribution in [-0.4, -0.2) is 17.4 Å². The number of carbonyl (C=O) groups is 1. The normalized spacial score (nSPS) is 12.0. The molecule has 3 N–H and O–H groups in total. The maximum absolute atomic E-state index is 12.0. The van der Waals surface area contributed by atoms with Gasteiger partial charge in [-0.15, -0.1) is 0 Å². The van der Waals surface area contributed by atoms with Crippen molar-refractivity contribution < 1.29 is 9.72 Å². The van der Waals surface area contributed by atoms with E-state index in [1.54, 1.807) is 19.9 Å². The molecule has 0 fully saturated rings. The SMILES string of the molecule is Cc1cc([N+](=O)[O-])c(C)cc1NC(=O)C(C)CCCN. The quantitative estimate of drug-likeness (QED) is 0.617. The fourth-order valence-electron chi connectivity index (χ4n) is 1.94. The molecule has 0 aliphatic rings. The molecule has 0 bridgehead atoms. The van der Waals surface area contributed by atoms with Crippen molar-refractivity contribution in [1.29, 1.82) is 0 Å². The Morgan fingerprint density at radius 3 is 2.60 bits per heavy atom. The fraction of sp³-hybridized carbons (Fsp3) is 0.500. The van der Waals surface area contributed by atoms with Crippen LogP contribution in [0.25, 0.3) is 0 Å². The third-order valence-electron chi connectivity index (χ3n) is 3.29. The predicted molar refractivity (Wildman–Crippen MR) is 78.7 cm³/mol. The van der Waals surface area contributed by atoms with Crippen LogP contribution in [-0.2, 0) is 4.79 Å². The van der Waals surface area contributed by atoms with Gasteiger partial charge >= 0.3 is 0 Å². The van der Waals surface area contributed by atoms with Gasteiger partial charge in [-0.1, -0.05) is 6.92 Å². The van der Waals surface area contributed by atoms with E-state index in [0.29, 0.717) is 23.4 Å². The van der Waals surface area contributed by atoms with Crippen molar-refractivity contribution >= 4 is 17.3 Å². The van der Waals surface area contributed by atoms with Gasteiger partial charge in [-0.05, 0) is 44.9 Å². The molecule has 20 heavy (non-hydrogen) atoms. The van der Waals surface area contributed by atoms with Crippen LogP contribution in [0, 0.1) is 29.9 Å². The van der Waals surface area contributed by atoms with E-state index in [-0.39, 0.29) is 17.5 Å². The Morgan fingerprint density at radius 2 is 2.05 bits per heavy atom. The minimum atomic E-state index is -0.419. The number of nitro benzene ring substituents is 1. The Morgan fingerprint density at radius 1 is 1.40 bits per heavy atom. The number of nitrogens with one attached hydrogen (secondary N) is 1. The second-order valence-electron chi connectivity index (χ2n) is 5.03. The van der Waals surface area contributed by atoms with Crippen LogP contribution in [0.2, 0.25) is 0 Å². The molecule has 1 amide bonds. The summed E-state index contributed by atoms with van der Waals surface area (Å²) in [5.74, 6) is -0.219. The fourth-order valence-corrected chi connectivity index (χ4v) is 1.94. The number of aryl methyl sites for hydroxylation is 2. The van der Waals surface area contributed by atoms with Gasteiger partial charge in [0.05, 0.1) is 4.92 Å². The van der Waals surface area contributed by atoms with Crippen molar-refractivity contribution in [3.8, 4) is 0 Å². The summed E-state index contributed by atoms with van der Waals surface area (Å²) < 4.78 is 0. The van der Waals surface area contributed by atoms with Crippen molar-refractivity contribution in [1.82, 2.24) is 0 Å². The maximum atomic E-state index is 12.0. The molecule has 1 aromatic carbocycles. The Bertz CT molecular complexity index is 515. The first-order valence-corrected chi connectivity index (χ1v) is 6.63. The van der Waals surface area contributed by atoms with E-state index < -0.39 is 4.92 Å². The van der Waals surface area contributed by atoms with Crippen LogP contribution in [0.15, 0.2) is 12.1 Å². The molecule has 0 heterocycles. The monoisotopic (exact) mass is 279 g/mol. The maximum Gasteiger partial charge on any atom is 0.272 e. The van der Waals surface area contributed by atoms with E-state index in [1.807, 2.05) is 6.92 Å². The Balaban J connectivity index is 2.85. The van der Waals surface area contributed by atoms with Gasteiger partial charge in [-0.25, -0.2) is 0 Å². The molecule has 1 atom stereocenters. The van der Waals surface area contributed by atoms with Crippen molar-refractivity contribution in [3.63, 3.8) is 0 Å². The highest BCUT2D eigenvalue weighted by molar-refractivity contribution is 5.93. The summed E-state index contributed by atoms with van der Waals surface area (Å²) in [4.78, 5) is 22.4. The summed E-state index contributed by atoms with van der Waals surface area (Å²) in [7, 11) is 0. The largest absolute Gasteiger partial charge is 0.330 e. The third-order valence-corrected chi connectivity index (χ3v) is 3.29. The number of nitrogens with two attached hydrogens (primary N) is 1. The number of amides is 1. The summed E-state index contributed by atoms with van der Waals surface area (Å²) in [6.07, 6.45) is 1.53. The van der Waals surface area contributed by atoms with E-state index >= 15 is 0 Å². The second kappa shape index (κ2) is 7.00. The number of nitro groups is 1. The molecule has 0 aromatic heterocycles. The Labute approximate surface area is 118 Å². The molecule has 1 unspecified atom stereocenters. The molecule has 6 heteroatoms.